The van der Waals surface area contributed by atoms with Crippen LogP contribution in [-0.4, -0.2) is 33.5 Å². The maximum Gasteiger partial charge on any atom is 0.277 e. The highest BCUT2D eigenvalue weighted by atomic mass is 16.5. The van der Waals surface area contributed by atoms with Gasteiger partial charge in [0.2, 0.25) is 0 Å². The molecule has 160 valence electrons. The number of hydrogen-bond donors (Lipinski definition) is 1. The first kappa shape index (κ1) is 21.0. The fourth-order valence-electron chi connectivity index (χ4n) is 3.13. The molecule has 2 aromatic heterocycles. The van der Waals surface area contributed by atoms with Gasteiger partial charge in [-0.3, -0.25) is 9.78 Å². The number of amides is 1. The largest absolute Gasteiger partial charge is 0.483 e. The second-order valence-electron chi connectivity index (χ2n) is 7.31. The average molecular weight is 425 g/mol. The van der Waals surface area contributed by atoms with Crippen LogP contribution in [0.1, 0.15) is 16.7 Å². The van der Waals surface area contributed by atoms with Gasteiger partial charge >= 0.3 is 0 Å². The summed E-state index contributed by atoms with van der Waals surface area (Å²) >= 11 is 0. The summed E-state index contributed by atoms with van der Waals surface area (Å²) in [6.07, 6.45) is 6.89. The van der Waals surface area contributed by atoms with E-state index in [1.54, 1.807) is 23.3 Å². The molecule has 0 saturated heterocycles. The van der Waals surface area contributed by atoms with Gasteiger partial charge in [-0.15, -0.1) is 0 Å². The summed E-state index contributed by atoms with van der Waals surface area (Å²) < 4.78 is 7.40. The molecule has 0 aliphatic carbocycles. The maximum atomic E-state index is 12.2. The zero-order valence-electron chi connectivity index (χ0n) is 17.9. The van der Waals surface area contributed by atoms with Gasteiger partial charge in [0.05, 0.1) is 11.9 Å². The second kappa shape index (κ2) is 9.70. The number of carbonyl (C=O) groups excluding carboxylic acids is 1. The van der Waals surface area contributed by atoms with Gasteiger partial charge in [-0.2, -0.15) is 10.2 Å². The molecule has 0 fully saturated rings. The SMILES string of the molecule is Cc1ccc(C)c(OCC(=O)N/N=C/c2cn(-c3ccccc3)nc2-c2cccnc2)c1. The van der Waals surface area contributed by atoms with E-state index < -0.39 is 0 Å². The fraction of sp³-hybridized carbons (Fsp3) is 0.120. The lowest BCUT2D eigenvalue weighted by molar-refractivity contribution is -0.123. The molecule has 0 spiro atoms. The first-order valence-corrected chi connectivity index (χ1v) is 10.2. The van der Waals surface area contributed by atoms with Gasteiger partial charge in [0.1, 0.15) is 11.4 Å². The molecule has 0 radical (unpaired) electrons. The molecule has 2 heterocycles. The molecule has 7 heteroatoms. The Morgan fingerprint density at radius 3 is 2.75 bits per heavy atom. The normalized spacial score (nSPS) is 10.9. The molecule has 0 bridgehead atoms. The Labute approximate surface area is 186 Å². The topological polar surface area (TPSA) is 81.4 Å². The lowest BCUT2D eigenvalue weighted by atomic mass is 10.1. The molecule has 1 amide bonds. The fourth-order valence-corrected chi connectivity index (χ4v) is 3.13. The Kier molecular flexibility index (Phi) is 6.36. The van der Waals surface area contributed by atoms with Crippen molar-refractivity contribution in [2.24, 2.45) is 5.10 Å². The van der Waals surface area contributed by atoms with Crippen molar-refractivity contribution in [2.75, 3.05) is 6.61 Å². The van der Waals surface area contributed by atoms with E-state index in [9.17, 15) is 4.79 Å². The van der Waals surface area contributed by atoms with Crippen molar-refractivity contribution >= 4 is 12.1 Å². The number of nitrogens with zero attached hydrogens (tertiary/aromatic N) is 4. The van der Waals surface area contributed by atoms with Crippen LogP contribution in [0.25, 0.3) is 16.9 Å². The van der Waals surface area contributed by atoms with Gasteiger partial charge in [-0.25, -0.2) is 10.1 Å². The van der Waals surface area contributed by atoms with Crippen molar-refractivity contribution in [1.29, 1.82) is 0 Å². The molecule has 0 atom stereocenters. The number of aryl methyl sites for hydroxylation is 2. The molecule has 7 nitrogen and oxygen atoms in total. The molecule has 0 aliphatic rings. The number of ether oxygens (including phenoxy) is 1. The Hall–Kier alpha value is -4.26. The van der Waals surface area contributed by atoms with E-state index in [2.05, 4.69) is 15.5 Å². The van der Waals surface area contributed by atoms with Crippen molar-refractivity contribution < 1.29 is 9.53 Å². The molecule has 0 saturated carbocycles. The minimum Gasteiger partial charge on any atom is -0.483 e. The van der Waals surface area contributed by atoms with Crippen LogP contribution < -0.4 is 10.2 Å². The summed E-state index contributed by atoms with van der Waals surface area (Å²) in [5.41, 5.74) is 7.80. The monoisotopic (exact) mass is 425 g/mol. The lowest BCUT2D eigenvalue weighted by Gasteiger charge is -2.08. The van der Waals surface area contributed by atoms with E-state index in [0.29, 0.717) is 11.4 Å². The van der Waals surface area contributed by atoms with E-state index in [1.165, 1.54) is 0 Å². The van der Waals surface area contributed by atoms with Crippen LogP contribution in [0.15, 0.2) is 84.4 Å². The molecule has 4 aromatic rings. The summed E-state index contributed by atoms with van der Waals surface area (Å²) in [5, 5.41) is 8.80. The molecule has 32 heavy (non-hydrogen) atoms. The number of para-hydroxylation sites is 1. The second-order valence-corrected chi connectivity index (χ2v) is 7.31. The van der Waals surface area contributed by atoms with Crippen LogP contribution >= 0.6 is 0 Å². The number of aromatic nitrogens is 3. The highest BCUT2D eigenvalue weighted by Gasteiger charge is 2.11. The third-order valence-electron chi connectivity index (χ3n) is 4.79. The van der Waals surface area contributed by atoms with Gasteiger partial charge < -0.3 is 4.74 Å². The minimum atomic E-state index is -0.347. The molecular formula is C25H23N5O2. The Bertz CT molecular complexity index is 1230. The number of rotatable bonds is 7. The van der Waals surface area contributed by atoms with Crippen molar-refractivity contribution in [1.82, 2.24) is 20.2 Å². The quantitative estimate of drug-likeness (QED) is 0.357. The van der Waals surface area contributed by atoms with Crippen molar-refractivity contribution in [3.05, 3.63) is 95.9 Å². The third-order valence-corrected chi connectivity index (χ3v) is 4.79. The van der Waals surface area contributed by atoms with Crippen LogP contribution in [0.5, 0.6) is 5.75 Å². The van der Waals surface area contributed by atoms with E-state index in [-0.39, 0.29) is 12.5 Å². The van der Waals surface area contributed by atoms with Gasteiger partial charge in [0, 0.05) is 29.7 Å². The predicted molar refractivity (Wildman–Crippen MR) is 124 cm³/mol. The van der Waals surface area contributed by atoms with E-state index in [1.807, 2.05) is 80.7 Å². The summed E-state index contributed by atoms with van der Waals surface area (Å²) in [6, 6.07) is 19.4. The average Bonchev–Trinajstić information content (AvgIpc) is 3.25. The number of nitrogens with one attached hydrogen (secondary N) is 1. The Morgan fingerprint density at radius 2 is 1.97 bits per heavy atom. The molecule has 4 rings (SSSR count). The van der Waals surface area contributed by atoms with Gasteiger partial charge in [-0.05, 0) is 55.3 Å². The first-order chi connectivity index (χ1) is 15.6. The summed E-state index contributed by atoms with van der Waals surface area (Å²) in [4.78, 5) is 16.4. The van der Waals surface area contributed by atoms with Gasteiger partial charge in [0.15, 0.2) is 6.61 Å². The number of hydrazone groups is 1. The predicted octanol–water partition coefficient (Wildman–Crippen LogP) is 4.08. The van der Waals surface area contributed by atoms with Crippen LogP contribution in [0, 0.1) is 13.8 Å². The maximum absolute atomic E-state index is 12.2. The minimum absolute atomic E-state index is 0.125. The number of carbonyl (C=O) groups is 1. The molecule has 2 aromatic carbocycles. The van der Waals surface area contributed by atoms with Crippen molar-refractivity contribution in [3.63, 3.8) is 0 Å². The third kappa shape index (κ3) is 5.07. The molecule has 0 unspecified atom stereocenters. The lowest BCUT2D eigenvalue weighted by Crippen LogP contribution is -2.24. The molecule has 1 N–H and O–H groups in total. The Morgan fingerprint density at radius 1 is 1.12 bits per heavy atom. The molecule has 0 aliphatic heterocycles. The van der Waals surface area contributed by atoms with Gasteiger partial charge in [-0.1, -0.05) is 30.3 Å². The zero-order chi connectivity index (χ0) is 22.3. The smallest absolute Gasteiger partial charge is 0.277 e. The van der Waals surface area contributed by atoms with E-state index in [4.69, 9.17) is 9.84 Å². The van der Waals surface area contributed by atoms with Crippen LogP contribution in [0.4, 0.5) is 0 Å². The number of benzene rings is 2. The first-order valence-electron chi connectivity index (χ1n) is 10.2. The molecular weight excluding hydrogens is 402 g/mol. The highest BCUT2D eigenvalue weighted by Crippen LogP contribution is 2.22. The summed E-state index contributed by atoms with van der Waals surface area (Å²) in [6.45, 7) is 3.79. The number of pyridine rings is 1. The summed E-state index contributed by atoms with van der Waals surface area (Å²) in [7, 11) is 0. The highest BCUT2D eigenvalue weighted by molar-refractivity contribution is 5.89. The van der Waals surface area contributed by atoms with E-state index >= 15 is 0 Å². The van der Waals surface area contributed by atoms with Crippen molar-refractivity contribution in [2.45, 2.75) is 13.8 Å². The van der Waals surface area contributed by atoms with E-state index in [0.717, 1.165) is 27.9 Å². The standard InChI is InChI=1S/C25H23N5O2/c1-18-10-11-19(2)23(13-18)32-17-24(31)28-27-15-21-16-30(22-8-4-3-5-9-22)29-25(21)20-7-6-12-26-14-20/h3-16H,17H2,1-2H3,(H,28,31)/b27-15+. The Balaban J connectivity index is 1.48. The zero-order valence-corrected chi connectivity index (χ0v) is 17.9. The van der Waals surface area contributed by atoms with Crippen LogP contribution in [0.2, 0.25) is 0 Å². The number of hydrogen-bond acceptors (Lipinski definition) is 5. The van der Waals surface area contributed by atoms with Crippen LogP contribution in [0.3, 0.4) is 0 Å². The van der Waals surface area contributed by atoms with Gasteiger partial charge in [0.25, 0.3) is 5.91 Å². The van der Waals surface area contributed by atoms with Crippen LogP contribution in [-0.2, 0) is 4.79 Å². The van der Waals surface area contributed by atoms with Crippen molar-refractivity contribution in [3.8, 4) is 22.7 Å². The summed E-state index contributed by atoms with van der Waals surface area (Å²) in [5.74, 6) is 0.340.